The molecular weight excluding hydrogens is 368 g/mol. The Morgan fingerprint density at radius 2 is 1.39 bits per heavy atom. The van der Waals surface area contributed by atoms with E-state index in [-0.39, 0.29) is 11.1 Å². The lowest BCUT2D eigenvalue weighted by atomic mass is 10.1. The van der Waals surface area contributed by atoms with Gasteiger partial charge in [-0.1, -0.05) is 28.1 Å². The van der Waals surface area contributed by atoms with Crippen LogP contribution in [0.2, 0.25) is 0 Å². The lowest BCUT2D eigenvalue weighted by molar-refractivity contribution is 0.0686. The first-order valence-electron chi connectivity index (χ1n) is 6.15. The smallest absolute Gasteiger partial charge is 0.335 e. The maximum atomic E-state index is 10.5. The monoisotopic (exact) mass is 378 g/mol. The molecular formula is C16H11BrO6. The summed E-state index contributed by atoms with van der Waals surface area (Å²) in [6, 6.07) is 10.2. The van der Waals surface area contributed by atoms with Crippen LogP contribution in [0, 0.1) is 0 Å². The fraction of sp³-hybridized carbons (Fsp3) is 0. The summed E-state index contributed by atoms with van der Waals surface area (Å²) in [5, 5.41) is 17.1. The van der Waals surface area contributed by atoms with Crippen LogP contribution in [0.25, 0.3) is 0 Å². The minimum absolute atomic E-state index is 0.103. The Bertz CT molecular complexity index is 754. The summed E-state index contributed by atoms with van der Waals surface area (Å²) in [6.07, 6.45) is 1.23. The van der Waals surface area contributed by atoms with Gasteiger partial charge in [-0.3, -0.25) is 9.59 Å². The Hall–Kier alpha value is -2.80. The van der Waals surface area contributed by atoms with E-state index in [0.717, 1.165) is 0 Å². The maximum absolute atomic E-state index is 10.5. The molecule has 0 aliphatic carbocycles. The van der Waals surface area contributed by atoms with Gasteiger partial charge in [0, 0.05) is 15.6 Å². The molecule has 118 valence electrons. The maximum Gasteiger partial charge on any atom is 0.335 e. The summed E-state index contributed by atoms with van der Waals surface area (Å²) in [6.45, 7) is 0. The highest BCUT2D eigenvalue weighted by atomic mass is 79.9. The third kappa shape index (κ3) is 5.84. The number of hydrogen-bond acceptors (Lipinski definition) is 4. The summed E-state index contributed by atoms with van der Waals surface area (Å²) in [5.41, 5.74) is 0.966. The van der Waals surface area contributed by atoms with E-state index >= 15 is 0 Å². The van der Waals surface area contributed by atoms with Crippen molar-refractivity contribution < 1.29 is 29.4 Å². The number of aromatic carboxylic acids is 2. The first-order chi connectivity index (χ1) is 10.9. The van der Waals surface area contributed by atoms with Crippen LogP contribution in [-0.2, 0) is 0 Å². The van der Waals surface area contributed by atoms with Crippen molar-refractivity contribution in [1.82, 2.24) is 0 Å². The Balaban J connectivity index is 0.000000231. The largest absolute Gasteiger partial charge is 0.478 e. The zero-order chi connectivity index (χ0) is 17.4. The summed E-state index contributed by atoms with van der Waals surface area (Å²) < 4.78 is 0.588. The third-order valence-electron chi connectivity index (χ3n) is 2.57. The number of carboxylic acids is 2. The van der Waals surface area contributed by atoms with E-state index in [9.17, 15) is 19.2 Å². The first kappa shape index (κ1) is 18.2. The van der Waals surface area contributed by atoms with Crippen LogP contribution in [0.15, 0.2) is 46.9 Å². The molecule has 0 aromatic heterocycles. The zero-order valence-electron chi connectivity index (χ0n) is 11.6. The van der Waals surface area contributed by atoms with Gasteiger partial charge in [-0.25, -0.2) is 9.59 Å². The summed E-state index contributed by atoms with van der Waals surface area (Å²) in [5.74, 6) is -2.06. The zero-order valence-corrected chi connectivity index (χ0v) is 13.2. The number of carbonyl (C=O) groups excluding carboxylic acids is 2. The van der Waals surface area contributed by atoms with Gasteiger partial charge in [-0.2, -0.15) is 0 Å². The number of carboxylic acid groups (broad SMARTS) is 2. The molecule has 0 bridgehead atoms. The molecule has 0 atom stereocenters. The normalized spacial score (nSPS) is 9.26. The SMILES string of the molecule is O=Cc1cc(Br)cc(C(=O)O)c1.O=Cc1cccc(C(=O)O)c1. The summed E-state index contributed by atoms with van der Waals surface area (Å²) in [4.78, 5) is 41.3. The van der Waals surface area contributed by atoms with E-state index in [2.05, 4.69) is 15.9 Å². The molecule has 0 spiro atoms. The van der Waals surface area contributed by atoms with Crippen LogP contribution in [0.3, 0.4) is 0 Å². The quantitative estimate of drug-likeness (QED) is 0.790. The molecule has 2 aromatic carbocycles. The molecule has 2 rings (SSSR count). The van der Waals surface area contributed by atoms with Crippen LogP contribution in [0.5, 0.6) is 0 Å². The van der Waals surface area contributed by atoms with Gasteiger partial charge >= 0.3 is 11.9 Å². The van der Waals surface area contributed by atoms with Gasteiger partial charge < -0.3 is 10.2 Å². The predicted molar refractivity (Wildman–Crippen MR) is 85.3 cm³/mol. The van der Waals surface area contributed by atoms with Crippen molar-refractivity contribution in [2.45, 2.75) is 0 Å². The lowest BCUT2D eigenvalue weighted by Gasteiger charge is -1.96. The molecule has 2 N–H and O–H groups in total. The number of hydrogen-bond donors (Lipinski definition) is 2. The first-order valence-corrected chi connectivity index (χ1v) is 6.94. The fourth-order valence-electron chi connectivity index (χ4n) is 1.55. The van der Waals surface area contributed by atoms with E-state index in [1.165, 1.54) is 30.3 Å². The molecule has 0 radical (unpaired) electrons. The van der Waals surface area contributed by atoms with Crippen molar-refractivity contribution in [1.29, 1.82) is 0 Å². The van der Waals surface area contributed by atoms with Crippen molar-refractivity contribution in [2.75, 3.05) is 0 Å². The van der Waals surface area contributed by atoms with Crippen molar-refractivity contribution in [2.24, 2.45) is 0 Å². The second-order valence-corrected chi connectivity index (χ2v) is 5.16. The Morgan fingerprint density at radius 3 is 1.91 bits per heavy atom. The number of carbonyl (C=O) groups is 4. The number of rotatable bonds is 4. The average Bonchev–Trinajstić information content (AvgIpc) is 2.54. The summed E-state index contributed by atoms with van der Waals surface area (Å²) >= 11 is 3.10. The van der Waals surface area contributed by atoms with E-state index in [1.54, 1.807) is 12.1 Å². The number of benzene rings is 2. The van der Waals surface area contributed by atoms with Gasteiger partial charge in [0.2, 0.25) is 0 Å². The van der Waals surface area contributed by atoms with Gasteiger partial charge in [-0.05, 0) is 30.3 Å². The van der Waals surface area contributed by atoms with Gasteiger partial charge in [-0.15, -0.1) is 0 Å². The van der Waals surface area contributed by atoms with Crippen molar-refractivity contribution in [3.8, 4) is 0 Å². The van der Waals surface area contributed by atoms with Gasteiger partial charge in [0.1, 0.15) is 12.6 Å². The van der Waals surface area contributed by atoms with Gasteiger partial charge in [0.25, 0.3) is 0 Å². The van der Waals surface area contributed by atoms with Gasteiger partial charge in [0.15, 0.2) is 0 Å². The molecule has 0 unspecified atom stereocenters. The minimum atomic E-state index is -1.04. The van der Waals surface area contributed by atoms with Gasteiger partial charge in [0.05, 0.1) is 11.1 Å². The number of halogens is 1. The topological polar surface area (TPSA) is 109 Å². The van der Waals surface area contributed by atoms with E-state index < -0.39 is 11.9 Å². The van der Waals surface area contributed by atoms with Crippen LogP contribution in [-0.4, -0.2) is 34.7 Å². The molecule has 0 aliphatic heterocycles. The molecule has 23 heavy (non-hydrogen) atoms. The van der Waals surface area contributed by atoms with Crippen molar-refractivity contribution in [3.05, 3.63) is 69.2 Å². The summed E-state index contributed by atoms with van der Waals surface area (Å²) in [7, 11) is 0. The molecule has 2 aromatic rings. The third-order valence-corrected chi connectivity index (χ3v) is 3.03. The van der Waals surface area contributed by atoms with Crippen LogP contribution < -0.4 is 0 Å². The van der Waals surface area contributed by atoms with E-state index in [1.807, 2.05) is 0 Å². The fourth-order valence-corrected chi connectivity index (χ4v) is 2.06. The molecule has 0 aliphatic rings. The second kappa shape index (κ2) is 8.60. The molecule has 0 saturated carbocycles. The Labute approximate surface area is 139 Å². The Morgan fingerprint density at radius 1 is 0.826 bits per heavy atom. The van der Waals surface area contributed by atoms with Crippen molar-refractivity contribution >= 4 is 40.4 Å². The molecule has 7 heteroatoms. The van der Waals surface area contributed by atoms with E-state index in [4.69, 9.17) is 10.2 Å². The van der Waals surface area contributed by atoms with E-state index in [0.29, 0.717) is 28.2 Å². The minimum Gasteiger partial charge on any atom is -0.478 e. The predicted octanol–water partition coefficient (Wildman–Crippen LogP) is 3.16. The second-order valence-electron chi connectivity index (χ2n) is 4.24. The molecule has 0 amide bonds. The van der Waals surface area contributed by atoms with Crippen LogP contribution >= 0.6 is 15.9 Å². The molecule has 0 heterocycles. The average molecular weight is 379 g/mol. The Kier molecular flexibility index (Phi) is 6.82. The standard InChI is InChI=1S/C8H5BrO3.C8H6O3/c9-7-2-5(4-10)1-6(3-7)8(11)12;9-5-6-2-1-3-7(4-6)8(10)11/h1-4H,(H,11,12);1-5H,(H,10,11). The molecule has 6 nitrogen and oxygen atoms in total. The van der Waals surface area contributed by atoms with Crippen molar-refractivity contribution in [3.63, 3.8) is 0 Å². The highest BCUT2D eigenvalue weighted by molar-refractivity contribution is 9.10. The van der Waals surface area contributed by atoms with Crippen LogP contribution in [0.4, 0.5) is 0 Å². The van der Waals surface area contributed by atoms with Crippen LogP contribution in [0.1, 0.15) is 41.4 Å². The molecule has 0 saturated heterocycles. The highest BCUT2D eigenvalue weighted by Gasteiger charge is 2.04. The highest BCUT2D eigenvalue weighted by Crippen LogP contribution is 2.14. The number of aldehydes is 2. The lowest BCUT2D eigenvalue weighted by Crippen LogP contribution is -1.97. The molecule has 0 fully saturated rings.